The molecule has 0 aliphatic rings. The van der Waals surface area contributed by atoms with Gasteiger partial charge in [0.2, 0.25) is 0 Å². The Hall–Kier alpha value is -2.90. The number of ether oxygens (including phenoxy) is 1. The normalized spacial score (nSPS) is 10.2. The van der Waals surface area contributed by atoms with Crippen molar-refractivity contribution >= 4 is 34.8 Å². The molecule has 2 amide bonds. The molecule has 8 heteroatoms. The summed E-state index contributed by atoms with van der Waals surface area (Å²) in [5.41, 5.74) is 6.01. The molecule has 26 heavy (non-hydrogen) atoms. The molecule has 1 heterocycles. The Kier molecular flexibility index (Phi) is 5.50. The number of benzene rings is 2. The lowest BCUT2D eigenvalue weighted by Gasteiger charge is -2.07. The van der Waals surface area contributed by atoms with E-state index in [1.165, 1.54) is 11.3 Å². The van der Waals surface area contributed by atoms with Gasteiger partial charge in [0, 0.05) is 10.9 Å². The highest BCUT2D eigenvalue weighted by molar-refractivity contribution is 7.13. The summed E-state index contributed by atoms with van der Waals surface area (Å²) in [6.07, 6.45) is 0. The number of rotatable bonds is 4. The third-order valence-corrected chi connectivity index (χ3v) is 4.70. The minimum Gasteiger partial charge on any atom is -0.497 e. The number of hydrogen-bond donors (Lipinski definition) is 2. The molecule has 2 aromatic carbocycles. The molecular weight excluding hydrogens is 374 g/mol. The van der Waals surface area contributed by atoms with E-state index >= 15 is 0 Å². The number of hydrogen-bond acceptors (Lipinski definition) is 5. The Labute approximate surface area is 158 Å². The fourth-order valence-corrected chi connectivity index (χ4v) is 3.16. The number of nitrogens with zero attached hydrogens (tertiary/aromatic N) is 1. The van der Waals surface area contributed by atoms with Crippen LogP contribution in [0.25, 0.3) is 10.6 Å². The van der Waals surface area contributed by atoms with Crippen LogP contribution in [0.3, 0.4) is 0 Å². The molecule has 0 saturated carbocycles. The van der Waals surface area contributed by atoms with Gasteiger partial charge in [-0.1, -0.05) is 23.7 Å². The van der Waals surface area contributed by atoms with Gasteiger partial charge in [-0.2, -0.15) is 0 Å². The van der Waals surface area contributed by atoms with Crippen molar-refractivity contribution in [1.29, 1.82) is 0 Å². The van der Waals surface area contributed by atoms with Crippen LogP contribution in [-0.2, 0) is 0 Å². The summed E-state index contributed by atoms with van der Waals surface area (Å²) in [6.45, 7) is 0. The lowest BCUT2D eigenvalue weighted by Crippen LogP contribution is -2.41. The number of halogens is 1. The third kappa shape index (κ3) is 4.01. The van der Waals surface area contributed by atoms with E-state index in [-0.39, 0.29) is 11.3 Å². The molecule has 3 aromatic rings. The summed E-state index contributed by atoms with van der Waals surface area (Å²) in [7, 11) is 1.59. The maximum absolute atomic E-state index is 12.2. The van der Waals surface area contributed by atoms with E-state index in [4.69, 9.17) is 16.3 Å². The number of thiazole rings is 1. The fourth-order valence-electron chi connectivity index (χ4n) is 2.13. The number of nitrogens with one attached hydrogen (secondary N) is 2. The minimum atomic E-state index is -0.513. The van der Waals surface area contributed by atoms with Gasteiger partial charge < -0.3 is 4.74 Å². The highest BCUT2D eigenvalue weighted by atomic mass is 35.5. The maximum atomic E-state index is 12.2. The second-order valence-electron chi connectivity index (χ2n) is 5.15. The maximum Gasteiger partial charge on any atom is 0.289 e. The van der Waals surface area contributed by atoms with Crippen LogP contribution in [0.5, 0.6) is 5.75 Å². The molecule has 0 unspecified atom stereocenters. The standard InChI is InChI=1S/C18H14ClN3O3S/c1-25-12-8-6-11(7-9-12)18-20-15(10-26-18)17(24)22-21-16(23)13-4-2-3-5-14(13)19/h2-10H,1H3,(H,21,23)(H,22,24). The van der Waals surface area contributed by atoms with Crippen molar-refractivity contribution in [3.63, 3.8) is 0 Å². The second-order valence-corrected chi connectivity index (χ2v) is 6.42. The average molecular weight is 388 g/mol. The van der Waals surface area contributed by atoms with Crippen LogP contribution in [0.2, 0.25) is 5.02 Å². The summed E-state index contributed by atoms with van der Waals surface area (Å²) >= 11 is 7.28. The van der Waals surface area contributed by atoms with Gasteiger partial charge in [-0.3, -0.25) is 20.4 Å². The molecule has 0 radical (unpaired) electrons. The van der Waals surface area contributed by atoms with Crippen molar-refractivity contribution in [2.24, 2.45) is 0 Å². The zero-order valence-electron chi connectivity index (χ0n) is 13.7. The molecule has 2 N–H and O–H groups in total. The molecule has 1 aromatic heterocycles. The van der Waals surface area contributed by atoms with Gasteiger partial charge in [0.15, 0.2) is 0 Å². The van der Waals surface area contributed by atoms with Crippen molar-refractivity contribution in [3.05, 3.63) is 70.2 Å². The molecule has 0 spiro atoms. The second kappa shape index (κ2) is 7.99. The van der Waals surface area contributed by atoms with E-state index in [0.29, 0.717) is 10.0 Å². The molecule has 0 saturated heterocycles. The third-order valence-electron chi connectivity index (χ3n) is 3.48. The summed E-state index contributed by atoms with van der Waals surface area (Å²) in [4.78, 5) is 28.5. The van der Waals surface area contributed by atoms with Crippen molar-refractivity contribution < 1.29 is 14.3 Å². The molecule has 6 nitrogen and oxygen atoms in total. The van der Waals surface area contributed by atoms with Crippen LogP contribution in [0.4, 0.5) is 0 Å². The van der Waals surface area contributed by atoms with Crippen LogP contribution in [0, 0.1) is 0 Å². The zero-order valence-corrected chi connectivity index (χ0v) is 15.2. The number of carbonyl (C=O) groups is 2. The molecule has 132 valence electrons. The largest absolute Gasteiger partial charge is 0.497 e. The van der Waals surface area contributed by atoms with Gasteiger partial charge in [-0.05, 0) is 36.4 Å². The molecule has 3 rings (SSSR count). The Balaban J connectivity index is 1.64. The van der Waals surface area contributed by atoms with Crippen LogP contribution < -0.4 is 15.6 Å². The number of methoxy groups -OCH3 is 1. The fraction of sp³-hybridized carbons (Fsp3) is 0.0556. The van der Waals surface area contributed by atoms with Crippen molar-refractivity contribution in [2.75, 3.05) is 7.11 Å². The van der Waals surface area contributed by atoms with Gasteiger partial charge >= 0.3 is 0 Å². The van der Waals surface area contributed by atoms with E-state index in [2.05, 4.69) is 15.8 Å². The zero-order chi connectivity index (χ0) is 18.5. The Morgan fingerprint density at radius 1 is 1.04 bits per heavy atom. The Morgan fingerprint density at radius 3 is 2.42 bits per heavy atom. The van der Waals surface area contributed by atoms with Crippen LogP contribution in [-0.4, -0.2) is 23.9 Å². The highest BCUT2D eigenvalue weighted by Crippen LogP contribution is 2.25. The van der Waals surface area contributed by atoms with E-state index in [0.717, 1.165) is 11.3 Å². The van der Waals surface area contributed by atoms with Gasteiger partial charge in [0.1, 0.15) is 16.5 Å². The van der Waals surface area contributed by atoms with Gasteiger partial charge in [0.05, 0.1) is 17.7 Å². The SMILES string of the molecule is COc1ccc(-c2nc(C(=O)NNC(=O)c3ccccc3Cl)cs2)cc1. The number of aromatic nitrogens is 1. The predicted octanol–water partition coefficient (Wildman–Crippen LogP) is 3.55. The highest BCUT2D eigenvalue weighted by Gasteiger charge is 2.14. The van der Waals surface area contributed by atoms with Crippen molar-refractivity contribution in [1.82, 2.24) is 15.8 Å². The van der Waals surface area contributed by atoms with Gasteiger partial charge in [-0.25, -0.2) is 4.98 Å². The summed E-state index contributed by atoms with van der Waals surface area (Å²) in [6, 6.07) is 13.9. The quantitative estimate of drug-likeness (QED) is 0.671. The predicted molar refractivity (Wildman–Crippen MR) is 100 cm³/mol. The Bertz CT molecular complexity index is 941. The molecule has 0 fully saturated rings. The number of hydrazine groups is 1. The first-order valence-corrected chi connectivity index (χ1v) is 8.79. The summed E-state index contributed by atoms with van der Waals surface area (Å²) < 4.78 is 5.12. The average Bonchev–Trinajstić information content (AvgIpc) is 3.16. The number of amides is 2. The molecule has 0 bridgehead atoms. The smallest absolute Gasteiger partial charge is 0.289 e. The van der Waals surface area contributed by atoms with Crippen LogP contribution in [0.1, 0.15) is 20.8 Å². The van der Waals surface area contributed by atoms with E-state index in [1.54, 1.807) is 36.8 Å². The van der Waals surface area contributed by atoms with E-state index < -0.39 is 11.8 Å². The number of carbonyl (C=O) groups excluding carboxylic acids is 2. The monoisotopic (exact) mass is 387 g/mol. The summed E-state index contributed by atoms with van der Waals surface area (Å²) in [5, 5.41) is 2.61. The molecular formula is C18H14ClN3O3S. The first kappa shape index (κ1) is 17.9. The van der Waals surface area contributed by atoms with E-state index in [1.807, 2.05) is 24.3 Å². The molecule has 0 aliphatic heterocycles. The van der Waals surface area contributed by atoms with Crippen LogP contribution in [0.15, 0.2) is 53.9 Å². The van der Waals surface area contributed by atoms with E-state index in [9.17, 15) is 9.59 Å². The summed E-state index contributed by atoms with van der Waals surface area (Å²) in [5.74, 6) is -0.276. The lowest BCUT2D eigenvalue weighted by atomic mass is 10.2. The first-order valence-electron chi connectivity index (χ1n) is 7.53. The molecule has 0 atom stereocenters. The topological polar surface area (TPSA) is 80.3 Å². The van der Waals surface area contributed by atoms with Gasteiger partial charge in [-0.15, -0.1) is 11.3 Å². The van der Waals surface area contributed by atoms with Gasteiger partial charge in [0.25, 0.3) is 11.8 Å². The van der Waals surface area contributed by atoms with Crippen molar-refractivity contribution in [3.8, 4) is 16.3 Å². The minimum absolute atomic E-state index is 0.209. The van der Waals surface area contributed by atoms with Crippen LogP contribution >= 0.6 is 22.9 Å². The lowest BCUT2D eigenvalue weighted by molar-refractivity contribution is 0.0844. The Morgan fingerprint density at radius 2 is 1.73 bits per heavy atom. The molecule has 0 aliphatic carbocycles. The first-order chi connectivity index (χ1) is 12.6. The van der Waals surface area contributed by atoms with Crippen molar-refractivity contribution in [2.45, 2.75) is 0 Å².